The van der Waals surface area contributed by atoms with Gasteiger partial charge in [0.2, 0.25) is 5.91 Å². The molecule has 0 radical (unpaired) electrons. The van der Waals surface area contributed by atoms with E-state index in [4.69, 9.17) is 0 Å². The van der Waals surface area contributed by atoms with Crippen molar-refractivity contribution in [1.29, 1.82) is 0 Å². The summed E-state index contributed by atoms with van der Waals surface area (Å²) in [5.41, 5.74) is 3.61. The van der Waals surface area contributed by atoms with Gasteiger partial charge in [-0.05, 0) is 24.6 Å². The number of carbonyl (C=O) groups excluding carboxylic acids is 1. The van der Waals surface area contributed by atoms with E-state index in [1.54, 1.807) is 0 Å². The van der Waals surface area contributed by atoms with Crippen molar-refractivity contribution in [2.45, 2.75) is 19.4 Å². The van der Waals surface area contributed by atoms with Crippen LogP contribution in [0, 0.1) is 6.92 Å². The molecule has 1 aromatic carbocycles. The average Bonchev–Trinajstić information content (AvgIpc) is 2.65. The molecule has 0 fully saturated rings. The molecule has 18 heavy (non-hydrogen) atoms. The van der Waals surface area contributed by atoms with Crippen LogP contribution in [0.25, 0.3) is 0 Å². The van der Waals surface area contributed by atoms with Gasteiger partial charge in [-0.25, -0.2) is 0 Å². The van der Waals surface area contributed by atoms with Gasteiger partial charge >= 0.3 is 0 Å². The topological polar surface area (TPSA) is 34.0 Å². The second kappa shape index (κ2) is 4.33. The molecule has 0 aliphatic carbocycles. The normalized spacial score (nSPS) is 18.9. The molecule has 1 unspecified atom stereocenters. The van der Waals surface area contributed by atoms with Crippen LogP contribution in [-0.2, 0) is 11.3 Å². The number of fused-ring (bicyclic) bond motifs is 1. The number of carbonyl (C=O) groups is 1. The lowest BCUT2D eigenvalue weighted by Gasteiger charge is -2.16. The quantitative estimate of drug-likeness (QED) is 0.813. The summed E-state index contributed by atoms with van der Waals surface area (Å²) in [7, 11) is 0. The molecule has 1 aliphatic heterocycles. The van der Waals surface area contributed by atoms with E-state index in [2.05, 4.69) is 34.1 Å². The van der Waals surface area contributed by atoms with E-state index in [0.717, 1.165) is 5.69 Å². The van der Waals surface area contributed by atoms with Crippen LogP contribution in [0.3, 0.4) is 0 Å². The first-order chi connectivity index (χ1) is 8.75. The Bertz CT molecular complexity index is 571. The summed E-state index contributed by atoms with van der Waals surface area (Å²) in [6.45, 7) is 3.15. The third-order valence-electron chi connectivity index (χ3n) is 3.60. The van der Waals surface area contributed by atoms with Crippen LogP contribution in [-0.4, -0.2) is 17.0 Å². The highest BCUT2D eigenvalue weighted by Crippen LogP contribution is 2.27. The third kappa shape index (κ3) is 1.82. The van der Waals surface area contributed by atoms with Gasteiger partial charge < -0.3 is 9.88 Å². The fraction of sp³-hybridized carbons (Fsp3) is 0.267. The molecular formula is C15H16N2O. The molecule has 92 valence electrons. The van der Waals surface area contributed by atoms with Crippen molar-refractivity contribution in [3.05, 3.63) is 59.4 Å². The highest BCUT2D eigenvalue weighted by molar-refractivity contribution is 5.76. The van der Waals surface area contributed by atoms with Crippen molar-refractivity contribution in [1.82, 2.24) is 9.88 Å². The van der Waals surface area contributed by atoms with Gasteiger partial charge in [-0.1, -0.05) is 30.3 Å². The summed E-state index contributed by atoms with van der Waals surface area (Å²) in [5.74, 6) is 0.334. The second-order valence-corrected chi connectivity index (χ2v) is 4.75. The first kappa shape index (κ1) is 11.1. The van der Waals surface area contributed by atoms with E-state index in [9.17, 15) is 4.79 Å². The van der Waals surface area contributed by atoms with Crippen LogP contribution in [0.1, 0.15) is 22.9 Å². The van der Waals surface area contributed by atoms with Crippen molar-refractivity contribution in [2.24, 2.45) is 0 Å². The summed E-state index contributed by atoms with van der Waals surface area (Å²) in [6, 6.07) is 14.6. The van der Waals surface area contributed by atoms with Crippen molar-refractivity contribution < 1.29 is 4.79 Å². The number of nitrogens with zero attached hydrogens (tertiary/aromatic N) is 1. The second-order valence-electron chi connectivity index (χ2n) is 4.75. The lowest BCUT2D eigenvalue weighted by atomic mass is 9.96. The minimum absolute atomic E-state index is 0.0916. The van der Waals surface area contributed by atoms with Gasteiger partial charge in [0.05, 0.1) is 0 Å². The van der Waals surface area contributed by atoms with E-state index < -0.39 is 0 Å². The van der Waals surface area contributed by atoms with Gasteiger partial charge in [-0.3, -0.25) is 4.79 Å². The largest absolute Gasteiger partial charge is 0.354 e. The predicted octanol–water partition coefficient (Wildman–Crippen LogP) is 2.06. The Kier molecular flexibility index (Phi) is 2.67. The van der Waals surface area contributed by atoms with Crippen LogP contribution in [0.15, 0.2) is 42.5 Å². The molecule has 1 aromatic heterocycles. The van der Waals surface area contributed by atoms with Gasteiger partial charge in [0.15, 0.2) is 0 Å². The van der Waals surface area contributed by atoms with Crippen LogP contribution < -0.4 is 5.32 Å². The van der Waals surface area contributed by atoms with Gasteiger partial charge in [-0.15, -0.1) is 0 Å². The Hall–Kier alpha value is -2.03. The molecule has 0 saturated carbocycles. The molecule has 2 aromatic rings. The molecule has 0 saturated heterocycles. The Morgan fingerprint density at radius 1 is 1.17 bits per heavy atom. The number of benzene rings is 1. The minimum Gasteiger partial charge on any atom is -0.354 e. The SMILES string of the molecule is Cc1ccc2n1CC(=O)NCC2c1ccccc1. The smallest absolute Gasteiger partial charge is 0.239 e. The zero-order valence-electron chi connectivity index (χ0n) is 10.4. The molecule has 2 heterocycles. The maximum Gasteiger partial charge on any atom is 0.239 e. The van der Waals surface area contributed by atoms with Crippen LogP contribution in [0.5, 0.6) is 0 Å². The Morgan fingerprint density at radius 3 is 2.72 bits per heavy atom. The number of aromatic nitrogens is 1. The molecule has 3 nitrogen and oxygen atoms in total. The maximum absolute atomic E-state index is 11.7. The first-order valence-electron chi connectivity index (χ1n) is 6.23. The summed E-state index contributed by atoms with van der Waals surface area (Å²) < 4.78 is 2.11. The molecule has 1 N–H and O–H groups in total. The van der Waals surface area contributed by atoms with Crippen LogP contribution >= 0.6 is 0 Å². The van der Waals surface area contributed by atoms with Crippen molar-refractivity contribution in [3.63, 3.8) is 0 Å². The molecule has 0 spiro atoms. The standard InChI is InChI=1S/C15H16N2O/c1-11-7-8-14-13(12-5-3-2-4-6-12)9-16-15(18)10-17(11)14/h2-8,13H,9-10H2,1H3,(H,16,18). The predicted molar refractivity (Wildman–Crippen MR) is 70.5 cm³/mol. The van der Waals surface area contributed by atoms with E-state index in [1.807, 2.05) is 25.1 Å². The number of amides is 1. The highest BCUT2D eigenvalue weighted by Gasteiger charge is 2.23. The van der Waals surface area contributed by atoms with E-state index >= 15 is 0 Å². The summed E-state index contributed by atoms with van der Waals surface area (Å²) >= 11 is 0. The number of hydrogen-bond donors (Lipinski definition) is 1. The van der Waals surface area contributed by atoms with E-state index in [0.29, 0.717) is 13.1 Å². The fourth-order valence-corrected chi connectivity index (χ4v) is 2.60. The lowest BCUT2D eigenvalue weighted by Crippen LogP contribution is -2.27. The van der Waals surface area contributed by atoms with Crippen molar-refractivity contribution in [2.75, 3.05) is 6.54 Å². The number of nitrogens with one attached hydrogen (secondary N) is 1. The molecule has 3 rings (SSSR count). The van der Waals surface area contributed by atoms with Gasteiger partial charge in [0.1, 0.15) is 6.54 Å². The fourth-order valence-electron chi connectivity index (χ4n) is 2.60. The minimum atomic E-state index is 0.0916. The molecule has 3 heteroatoms. The Balaban J connectivity index is 2.08. The summed E-state index contributed by atoms with van der Waals surface area (Å²) in [4.78, 5) is 11.7. The molecule has 1 aliphatic rings. The summed E-state index contributed by atoms with van der Waals surface area (Å²) in [5, 5.41) is 2.99. The number of rotatable bonds is 1. The van der Waals surface area contributed by atoms with Crippen molar-refractivity contribution >= 4 is 5.91 Å². The third-order valence-corrected chi connectivity index (χ3v) is 3.60. The molecule has 0 bridgehead atoms. The Morgan fingerprint density at radius 2 is 1.94 bits per heavy atom. The Labute approximate surface area is 106 Å². The molecule has 1 atom stereocenters. The summed E-state index contributed by atoms with van der Waals surface area (Å²) in [6.07, 6.45) is 0. The highest BCUT2D eigenvalue weighted by atomic mass is 16.1. The number of hydrogen-bond acceptors (Lipinski definition) is 1. The number of aryl methyl sites for hydroxylation is 1. The monoisotopic (exact) mass is 240 g/mol. The van der Waals surface area contributed by atoms with Gasteiger partial charge in [0.25, 0.3) is 0 Å². The van der Waals surface area contributed by atoms with Crippen LogP contribution in [0.2, 0.25) is 0 Å². The van der Waals surface area contributed by atoms with E-state index in [1.165, 1.54) is 11.3 Å². The van der Waals surface area contributed by atoms with Gasteiger partial charge in [0, 0.05) is 23.9 Å². The molecular weight excluding hydrogens is 224 g/mol. The van der Waals surface area contributed by atoms with Crippen LogP contribution in [0.4, 0.5) is 0 Å². The lowest BCUT2D eigenvalue weighted by molar-refractivity contribution is -0.121. The van der Waals surface area contributed by atoms with E-state index in [-0.39, 0.29) is 11.8 Å². The zero-order valence-corrected chi connectivity index (χ0v) is 10.4. The first-order valence-corrected chi connectivity index (χ1v) is 6.23. The zero-order chi connectivity index (χ0) is 12.5. The average molecular weight is 240 g/mol. The molecule has 1 amide bonds. The maximum atomic E-state index is 11.7. The van der Waals surface area contributed by atoms with Crippen molar-refractivity contribution in [3.8, 4) is 0 Å². The van der Waals surface area contributed by atoms with Gasteiger partial charge in [-0.2, -0.15) is 0 Å².